The van der Waals surface area contributed by atoms with E-state index in [1.165, 1.54) is 12.1 Å². The van der Waals surface area contributed by atoms with Crippen LogP contribution in [0.1, 0.15) is 87.9 Å². The Morgan fingerprint density at radius 3 is 2.46 bits per heavy atom. The van der Waals surface area contributed by atoms with Crippen LogP contribution in [0.4, 0.5) is 4.39 Å². The van der Waals surface area contributed by atoms with Crippen LogP contribution in [0.3, 0.4) is 0 Å². The number of para-hydroxylation sites is 1. The number of hydrogen-bond acceptors (Lipinski definition) is 4. The normalized spacial score (nSPS) is 21.1. The molecular formula is C32H43FN2O4. The van der Waals surface area contributed by atoms with Crippen molar-refractivity contribution in [3.05, 3.63) is 59.9 Å². The first kappa shape index (κ1) is 28.9. The van der Waals surface area contributed by atoms with E-state index >= 15 is 0 Å². The molecule has 212 valence electrons. The van der Waals surface area contributed by atoms with Crippen molar-refractivity contribution in [3.63, 3.8) is 0 Å². The molecule has 0 spiro atoms. The predicted octanol–water partition coefficient (Wildman–Crippen LogP) is 6.63. The Hall–Kier alpha value is -3.09. The number of ether oxygens (including phenoxy) is 2. The first-order valence-electron chi connectivity index (χ1n) is 14.8. The molecule has 1 aliphatic carbocycles. The molecule has 39 heavy (non-hydrogen) atoms. The Balaban J connectivity index is 1.53. The largest absolute Gasteiger partial charge is 0.493 e. The lowest BCUT2D eigenvalue weighted by molar-refractivity contribution is -0.137. The molecule has 7 heteroatoms. The number of rotatable bonds is 6. The van der Waals surface area contributed by atoms with Gasteiger partial charge in [0, 0.05) is 19.6 Å². The Kier molecular flexibility index (Phi) is 11.0. The van der Waals surface area contributed by atoms with Crippen LogP contribution in [0.5, 0.6) is 11.5 Å². The molecule has 2 aromatic carbocycles. The quantitative estimate of drug-likeness (QED) is 0.414. The summed E-state index contributed by atoms with van der Waals surface area (Å²) in [7, 11) is 0. The van der Waals surface area contributed by atoms with Crippen LogP contribution in [-0.4, -0.2) is 60.0 Å². The summed E-state index contributed by atoms with van der Waals surface area (Å²) in [6.45, 7) is 4.54. The third-order valence-corrected chi connectivity index (χ3v) is 7.79. The van der Waals surface area contributed by atoms with Crippen molar-refractivity contribution in [1.29, 1.82) is 0 Å². The molecule has 1 aliphatic heterocycles. The Labute approximate surface area is 232 Å². The average Bonchev–Trinajstić information content (AvgIpc) is 2.95. The Morgan fingerprint density at radius 1 is 0.949 bits per heavy atom. The third kappa shape index (κ3) is 8.20. The van der Waals surface area contributed by atoms with Gasteiger partial charge in [0.25, 0.3) is 5.91 Å². The van der Waals surface area contributed by atoms with E-state index in [9.17, 15) is 14.0 Å². The molecule has 1 heterocycles. The summed E-state index contributed by atoms with van der Waals surface area (Å²) in [5.41, 5.74) is 0.607. The predicted molar refractivity (Wildman–Crippen MR) is 151 cm³/mol. The highest BCUT2D eigenvalue weighted by molar-refractivity contribution is 5.97. The lowest BCUT2D eigenvalue weighted by Crippen LogP contribution is -2.51. The monoisotopic (exact) mass is 538 g/mol. The zero-order valence-corrected chi connectivity index (χ0v) is 23.3. The number of hydrogen-bond donors (Lipinski definition) is 0. The minimum Gasteiger partial charge on any atom is -0.493 e. The molecule has 2 atom stereocenters. The van der Waals surface area contributed by atoms with Gasteiger partial charge in [-0.05, 0) is 74.9 Å². The topological polar surface area (TPSA) is 59.1 Å². The van der Waals surface area contributed by atoms with E-state index < -0.39 is 0 Å². The molecule has 0 radical (unpaired) electrons. The molecule has 0 bridgehead atoms. The maximum absolute atomic E-state index is 13.6. The summed E-state index contributed by atoms with van der Waals surface area (Å²) in [5.74, 6) is 0.937. The van der Waals surface area contributed by atoms with Gasteiger partial charge < -0.3 is 19.3 Å². The number of nitrogens with zero attached hydrogens (tertiary/aromatic N) is 2. The maximum atomic E-state index is 13.6. The highest BCUT2D eigenvalue weighted by Crippen LogP contribution is 2.31. The van der Waals surface area contributed by atoms with E-state index in [0.717, 1.165) is 77.3 Å². The smallest absolute Gasteiger partial charge is 0.257 e. The van der Waals surface area contributed by atoms with Crippen molar-refractivity contribution in [2.45, 2.75) is 89.7 Å². The molecule has 2 amide bonds. The average molecular weight is 539 g/mol. The molecule has 0 aromatic heterocycles. The molecule has 4 rings (SSSR count). The van der Waals surface area contributed by atoms with Crippen molar-refractivity contribution in [2.24, 2.45) is 0 Å². The number of benzene rings is 2. The highest BCUT2D eigenvalue weighted by atomic mass is 19.1. The number of fused-ring (bicyclic) bond motifs is 2. The molecule has 6 nitrogen and oxygen atoms in total. The summed E-state index contributed by atoms with van der Waals surface area (Å²) >= 11 is 0. The molecule has 0 unspecified atom stereocenters. The van der Waals surface area contributed by atoms with Crippen LogP contribution < -0.4 is 9.47 Å². The number of carbonyl (C=O) groups is 2. The van der Waals surface area contributed by atoms with Gasteiger partial charge in [-0.25, -0.2) is 4.39 Å². The highest BCUT2D eigenvalue weighted by Gasteiger charge is 2.35. The van der Waals surface area contributed by atoms with E-state index in [-0.39, 0.29) is 42.8 Å². The van der Waals surface area contributed by atoms with Gasteiger partial charge >= 0.3 is 0 Å². The first-order valence-corrected chi connectivity index (χ1v) is 14.8. The van der Waals surface area contributed by atoms with Gasteiger partial charge in [0.05, 0.1) is 24.6 Å². The van der Waals surface area contributed by atoms with Gasteiger partial charge in [-0.2, -0.15) is 0 Å². The molecule has 2 aliphatic rings. The standard InChI is InChI=1S/C32H43FN2O4/c1-2-21-34-22-10-4-3-5-11-23-35(31(36)20-24-38-26-18-16-25(33)17-19-26)28-13-7-9-15-30(28)39-29-14-8-6-12-27(29)32(34)37/h6,8,12,14,16-19,28,30H,2-5,7,9-11,13,15,20-24H2,1H3/t28-,30+/m1/s1. The molecular weight excluding hydrogens is 495 g/mol. The van der Waals surface area contributed by atoms with Crippen molar-refractivity contribution in [2.75, 3.05) is 26.2 Å². The maximum Gasteiger partial charge on any atom is 0.257 e. The minimum atomic E-state index is -0.315. The third-order valence-electron chi connectivity index (χ3n) is 7.79. The van der Waals surface area contributed by atoms with E-state index in [0.29, 0.717) is 23.6 Å². The second-order valence-corrected chi connectivity index (χ2v) is 10.7. The second-order valence-electron chi connectivity index (χ2n) is 10.7. The van der Waals surface area contributed by atoms with Gasteiger partial charge in [-0.3, -0.25) is 9.59 Å². The van der Waals surface area contributed by atoms with Gasteiger partial charge in [0.15, 0.2) is 0 Å². The lowest BCUT2D eigenvalue weighted by atomic mass is 9.90. The van der Waals surface area contributed by atoms with Crippen molar-refractivity contribution in [1.82, 2.24) is 9.80 Å². The van der Waals surface area contributed by atoms with Crippen LogP contribution in [0.15, 0.2) is 48.5 Å². The van der Waals surface area contributed by atoms with E-state index in [2.05, 4.69) is 6.92 Å². The Morgan fingerprint density at radius 2 is 1.67 bits per heavy atom. The zero-order chi connectivity index (χ0) is 27.5. The van der Waals surface area contributed by atoms with Crippen molar-refractivity contribution >= 4 is 11.8 Å². The van der Waals surface area contributed by atoms with Gasteiger partial charge in [0.2, 0.25) is 5.91 Å². The van der Waals surface area contributed by atoms with Crippen LogP contribution in [0.25, 0.3) is 0 Å². The van der Waals surface area contributed by atoms with Crippen molar-refractivity contribution in [3.8, 4) is 11.5 Å². The van der Waals surface area contributed by atoms with E-state index in [1.54, 1.807) is 12.1 Å². The van der Waals surface area contributed by atoms with Crippen LogP contribution in [-0.2, 0) is 4.79 Å². The Bertz CT molecular complexity index is 1060. The molecule has 2 aromatic rings. The molecule has 1 saturated carbocycles. The fraction of sp³-hybridized carbons (Fsp3) is 0.562. The van der Waals surface area contributed by atoms with Crippen LogP contribution in [0.2, 0.25) is 0 Å². The summed E-state index contributed by atoms with van der Waals surface area (Å²) in [6, 6.07) is 13.4. The zero-order valence-electron chi connectivity index (χ0n) is 23.3. The SMILES string of the molecule is CCCN1CCCCCCCN(C(=O)CCOc2ccc(F)cc2)[C@@H]2CCCC[C@@H]2Oc2ccccc2C1=O. The van der Waals surface area contributed by atoms with Gasteiger partial charge in [-0.1, -0.05) is 44.7 Å². The van der Waals surface area contributed by atoms with Crippen LogP contribution >= 0.6 is 0 Å². The molecule has 1 fully saturated rings. The van der Waals surface area contributed by atoms with Crippen molar-refractivity contribution < 1.29 is 23.5 Å². The molecule has 0 N–H and O–H groups in total. The fourth-order valence-electron chi connectivity index (χ4n) is 5.76. The van der Waals surface area contributed by atoms with E-state index in [4.69, 9.17) is 9.47 Å². The minimum absolute atomic E-state index is 0.0283. The summed E-state index contributed by atoms with van der Waals surface area (Å²) < 4.78 is 25.6. The number of halogens is 1. The lowest BCUT2D eigenvalue weighted by Gasteiger charge is -2.40. The number of amides is 2. The fourth-order valence-corrected chi connectivity index (χ4v) is 5.76. The summed E-state index contributed by atoms with van der Waals surface area (Å²) in [4.78, 5) is 31.2. The van der Waals surface area contributed by atoms with E-state index in [1.807, 2.05) is 34.1 Å². The number of carbonyl (C=O) groups excluding carboxylic acids is 2. The second kappa shape index (κ2) is 14.9. The summed E-state index contributed by atoms with van der Waals surface area (Å²) in [6.07, 6.45) is 9.95. The van der Waals surface area contributed by atoms with Crippen LogP contribution in [0, 0.1) is 5.82 Å². The summed E-state index contributed by atoms with van der Waals surface area (Å²) in [5, 5.41) is 0. The first-order chi connectivity index (χ1) is 19.1. The molecule has 0 saturated heterocycles. The van der Waals surface area contributed by atoms with Gasteiger partial charge in [-0.15, -0.1) is 0 Å². The van der Waals surface area contributed by atoms with Gasteiger partial charge in [0.1, 0.15) is 23.4 Å².